The number of amides is 1. The van der Waals surface area contributed by atoms with Crippen LogP contribution in [0, 0.1) is 0 Å². The van der Waals surface area contributed by atoms with Crippen molar-refractivity contribution >= 4 is 37.8 Å². The lowest BCUT2D eigenvalue weighted by molar-refractivity contribution is 0.0703. The van der Waals surface area contributed by atoms with E-state index in [0.29, 0.717) is 14.7 Å². The highest BCUT2D eigenvalue weighted by Crippen LogP contribution is 2.32. The van der Waals surface area contributed by atoms with Crippen LogP contribution in [-0.4, -0.2) is 18.2 Å². The summed E-state index contributed by atoms with van der Waals surface area (Å²) in [6.45, 7) is 0. The summed E-state index contributed by atoms with van der Waals surface area (Å²) < 4.78 is 6.36. The monoisotopic (exact) mass is 323 g/mol. The lowest BCUT2D eigenvalue weighted by Crippen LogP contribution is -2.19. The quantitative estimate of drug-likeness (QED) is 0.648. The van der Waals surface area contributed by atoms with Crippen LogP contribution < -0.4 is 10.2 Å². The first kappa shape index (κ1) is 11.5. The van der Waals surface area contributed by atoms with Crippen molar-refractivity contribution < 1.29 is 14.7 Å². The Morgan fingerprint density at radius 3 is 2.64 bits per heavy atom. The van der Waals surface area contributed by atoms with Gasteiger partial charge in [0.2, 0.25) is 0 Å². The molecular weight excluding hydrogens is 318 g/mol. The molecule has 0 radical (unpaired) electrons. The molecule has 14 heavy (non-hydrogen) atoms. The van der Waals surface area contributed by atoms with Gasteiger partial charge in [-0.1, -0.05) is 15.9 Å². The molecule has 1 amide bonds. The molecule has 2 N–H and O–H groups in total. The molecule has 6 heteroatoms. The number of hydrogen-bond donors (Lipinski definition) is 2. The van der Waals surface area contributed by atoms with Crippen molar-refractivity contribution in [3.63, 3.8) is 0 Å². The normalized spacial score (nSPS) is 9.71. The van der Waals surface area contributed by atoms with Crippen LogP contribution in [0.25, 0.3) is 0 Å². The fourth-order valence-electron chi connectivity index (χ4n) is 0.997. The minimum atomic E-state index is -0.621. The summed E-state index contributed by atoms with van der Waals surface area (Å²) in [6, 6.07) is 3.29. The molecule has 0 fully saturated rings. The Balaban J connectivity index is 3.32. The highest BCUT2D eigenvalue weighted by Gasteiger charge is 2.15. The van der Waals surface area contributed by atoms with Crippen LogP contribution in [0.3, 0.4) is 0 Å². The van der Waals surface area contributed by atoms with Gasteiger partial charge in [-0.05, 0) is 28.1 Å². The van der Waals surface area contributed by atoms with E-state index in [0.717, 1.165) is 0 Å². The first-order chi connectivity index (χ1) is 6.60. The minimum Gasteiger partial charge on any atom is -0.495 e. The number of carbonyl (C=O) groups is 1. The second kappa shape index (κ2) is 4.77. The van der Waals surface area contributed by atoms with Crippen molar-refractivity contribution in [3.05, 3.63) is 26.6 Å². The van der Waals surface area contributed by atoms with Crippen LogP contribution in [0.15, 0.2) is 21.1 Å². The van der Waals surface area contributed by atoms with Crippen molar-refractivity contribution in [2.45, 2.75) is 0 Å². The van der Waals surface area contributed by atoms with Gasteiger partial charge in [0, 0.05) is 4.47 Å². The van der Waals surface area contributed by atoms with E-state index in [1.54, 1.807) is 17.6 Å². The summed E-state index contributed by atoms with van der Waals surface area (Å²) in [4.78, 5) is 11.2. The second-order valence-corrected chi connectivity index (χ2v) is 4.18. The Hall–Kier alpha value is -0.590. The van der Waals surface area contributed by atoms with Crippen LogP contribution >= 0.6 is 31.9 Å². The third-order valence-electron chi connectivity index (χ3n) is 1.56. The Kier molecular flexibility index (Phi) is 3.91. The first-order valence-corrected chi connectivity index (χ1v) is 5.16. The molecule has 0 bridgehead atoms. The van der Waals surface area contributed by atoms with Crippen molar-refractivity contribution in [2.75, 3.05) is 7.11 Å². The number of rotatable bonds is 2. The molecule has 76 valence electrons. The standard InChI is InChI=1S/C8H7Br2NO3/c1-14-7-5(8(12)11-13)2-4(9)3-6(7)10/h2-3,13H,1H3,(H,11,12). The number of halogens is 2. The van der Waals surface area contributed by atoms with Crippen LogP contribution in [0.4, 0.5) is 0 Å². The average molecular weight is 325 g/mol. The smallest absolute Gasteiger partial charge is 0.278 e. The molecule has 0 unspecified atom stereocenters. The van der Waals surface area contributed by atoms with E-state index >= 15 is 0 Å². The maximum Gasteiger partial charge on any atom is 0.278 e. The molecule has 0 atom stereocenters. The SMILES string of the molecule is COc1c(Br)cc(Br)cc1C(=O)NO. The van der Waals surface area contributed by atoms with E-state index in [9.17, 15) is 4.79 Å². The number of hydrogen-bond acceptors (Lipinski definition) is 3. The summed E-state index contributed by atoms with van der Waals surface area (Å²) >= 11 is 6.47. The Morgan fingerprint density at radius 1 is 1.50 bits per heavy atom. The molecular formula is C8H7Br2NO3. The molecule has 0 heterocycles. The van der Waals surface area contributed by atoms with Gasteiger partial charge < -0.3 is 4.74 Å². The number of ether oxygens (including phenoxy) is 1. The molecule has 0 aliphatic heterocycles. The largest absolute Gasteiger partial charge is 0.495 e. The molecule has 1 rings (SSSR count). The Labute approximate surface area is 97.5 Å². The van der Waals surface area contributed by atoms with Crippen LogP contribution in [0.2, 0.25) is 0 Å². The number of hydroxylamine groups is 1. The van der Waals surface area contributed by atoms with Crippen molar-refractivity contribution in [1.82, 2.24) is 5.48 Å². The van der Waals surface area contributed by atoms with Gasteiger partial charge in [0.1, 0.15) is 5.75 Å². The lowest BCUT2D eigenvalue weighted by Gasteiger charge is -2.09. The fourth-order valence-corrected chi connectivity index (χ4v) is 2.38. The number of benzene rings is 1. The summed E-state index contributed by atoms with van der Waals surface area (Å²) in [5.74, 6) is -0.247. The zero-order chi connectivity index (χ0) is 10.7. The van der Waals surface area contributed by atoms with E-state index in [4.69, 9.17) is 9.94 Å². The van der Waals surface area contributed by atoms with Crippen LogP contribution in [0.1, 0.15) is 10.4 Å². The summed E-state index contributed by atoms with van der Waals surface area (Å²) in [5, 5.41) is 8.50. The predicted molar refractivity (Wildman–Crippen MR) is 57.6 cm³/mol. The topological polar surface area (TPSA) is 58.6 Å². The second-order valence-electron chi connectivity index (χ2n) is 2.41. The van der Waals surface area contributed by atoms with Gasteiger partial charge in [-0.3, -0.25) is 10.0 Å². The average Bonchev–Trinajstić information content (AvgIpc) is 2.15. The van der Waals surface area contributed by atoms with E-state index in [2.05, 4.69) is 31.9 Å². The summed E-state index contributed by atoms with van der Waals surface area (Å²) in [7, 11) is 1.45. The van der Waals surface area contributed by atoms with Gasteiger partial charge in [0.15, 0.2) is 0 Å². The van der Waals surface area contributed by atoms with Crippen molar-refractivity contribution in [2.24, 2.45) is 0 Å². The molecule has 1 aromatic rings. The van der Waals surface area contributed by atoms with E-state index in [-0.39, 0.29) is 5.56 Å². The van der Waals surface area contributed by atoms with Crippen molar-refractivity contribution in [1.29, 1.82) is 0 Å². The van der Waals surface area contributed by atoms with Gasteiger partial charge in [-0.2, -0.15) is 0 Å². The van der Waals surface area contributed by atoms with Gasteiger partial charge >= 0.3 is 0 Å². The number of nitrogens with one attached hydrogen (secondary N) is 1. The molecule has 0 saturated heterocycles. The van der Waals surface area contributed by atoms with E-state index < -0.39 is 5.91 Å². The third-order valence-corrected chi connectivity index (χ3v) is 2.61. The first-order valence-electron chi connectivity index (χ1n) is 3.57. The molecule has 1 aromatic carbocycles. The van der Waals surface area contributed by atoms with Gasteiger partial charge in [-0.15, -0.1) is 0 Å². The van der Waals surface area contributed by atoms with Crippen molar-refractivity contribution in [3.8, 4) is 5.75 Å². The zero-order valence-electron chi connectivity index (χ0n) is 7.17. The fraction of sp³-hybridized carbons (Fsp3) is 0.125. The van der Waals surface area contributed by atoms with Crippen LogP contribution in [-0.2, 0) is 0 Å². The number of methoxy groups -OCH3 is 1. The molecule has 4 nitrogen and oxygen atoms in total. The number of carbonyl (C=O) groups excluding carboxylic acids is 1. The maximum atomic E-state index is 11.2. The van der Waals surface area contributed by atoms with Crippen LogP contribution in [0.5, 0.6) is 5.75 Å². The Bertz CT molecular complexity index is 368. The van der Waals surface area contributed by atoms with E-state index in [1.165, 1.54) is 7.11 Å². The van der Waals surface area contributed by atoms with Gasteiger partial charge in [0.25, 0.3) is 5.91 Å². The van der Waals surface area contributed by atoms with E-state index in [1.807, 2.05) is 0 Å². The summed E-state index contributed by atoms with van der Waals surface area (Å²) in [5.41, 5.74) is 1.80. The molecule has 0 saturated carbocycles. The highest BCUT2D eigenvalue weighted by molar-refractivity contribution is 9.11. The van der Waals surface area contributed by atoms with Gasteiger partial charge in [-0.25, -0.2) is 5.48 Å². The third kappa shape index (κ3) is 2.26. The van der Waals surface area contributed by atoms with Gasteiger partial charge in [0.05, 0.1) is 17.1 Å². The molecule has 0 aliphatic rings. The Morgan fingerprint density at radius 2 is 2.14 bits per heavy atom. The molecule has 0 aromatic heterocycles. The predicted octanol–water partition coefficient (Wildman–Crippen LogP) is 2.34. The highest BCUT2D eigenvalue weighted by atomic mass is 79.9. The zero-order valence-corrected chi connectivity index (χ0v) is 10.3. The molecule has 0 spiro atoms. The molecule has 0 aliphatic carbocycles. The maximum absolute atomic E-state index is 11.2. The lowest BCUT2D eigenvalue weighted by atomic mass is 10.2. The summed E-state index contributed by atoms with van der Waals surface area (Å²) in [6.07, 6.45) is 0. The minimum absolute atomic E-state index is 0.247.